The molecule has 16 heavy (non-hydrogen) atoms. The summed E-state index contributed by atoms with van der Waals surface area (Å²) in [5.74, 6) is 0.967. The zero-order valence-corrected chi connectivity index (χ0v) is 11.4. The van der Waals surface area contributed by atoms with Crippen molar-refractivity contribution in [2.75, 3.05) is 0 Å². The van der Waals surface area contributed by atoms with Gasteiger partial charge in [0.05, 0.1) is 5.03 Å². The van der Waals surface area contributed by atoms with E-state index in [1.807, 2.05) is 12.3 Å². The fourth-order valence-electron chi connectivity index (χ4n) is 1.32. The van der Waals surface area contributed by atoms with Crippen molar-refractivity contribution in [3.8, 4) is 0 Å². The Labute approximate surface area is 108 Å². The lowest BCUT2D eigenvalue weighted by Crippen LogP contribution is -1.85. The van der Waals surface area contributed by atoms with Crippen LogP contribution in [0.2, 0.25) is 0 Å². The van der Waals surface area contributed by atoms with Crippen LogP contribution in [0.25, 0.3) is 0 Å². The number of rotatable bonds is 3. The van der Waals surface area contributed by atoms with Crippen molar-refractivity contribution in [3.63, 3.8) is 0 Å². The van der Waals surface area contributed by atoms with E-state index in [1.54, 1.807) is 11.8 Å². The summed E-state index contributed by atoms with van der Waals surface area (Å²) in [7, 11) is 0. The molecule has 3 heteroatoms. The van der Waals surface area contributed by atoms with Gasteiger partial charge in [-0.15, -0.1) is 11.8 Å². The number of nitrogens with zero attached hydrogens (tertiary/aromatic N) is 1. The predicted octanol–water partition coefficient (Wildman–Crippen LogP) is 4.44. The van der Waals surface area contributed by atoms with Gasteiger partial charge in [-0.3, -0.25) is 0 Å². The highest BCUT2D eigenvalue weighted by Crippen LogP contribution is 2.24. The molecule has 0 fully saturated rings. The Hall–Kier alpha value is -0.800. The lowest BCUT2D eigenvalue weighted by atomic mass is 10.2. The van der Waals surface area contributed by atoms with Gasteiger partial charge >= 0.3 is 0 Å². The van der Waals surface area contributed by atoms with E-state index in [2.05, 4.69) is 58.2 Å². The van der Waals surface area contributed by atoms with Crippen molar-refractivity contribution >= 4 is 27.7 Å². The fourth-order valence-corrected chi connectivity index (χ4v) is 2.44. The molecule has 0 unspecified atom stereocenters. The van der Waals surface area contributed by atoms with Crippen molar-refractivity contribution in [3.05, 3.63) is 58.2 Å². The van der Waals surface area contributed by atoms with Gasteiger partial charge in [-0.2, -0.15) is 0 Å². The predicted molar refractivity (Wildman–Crippen MR) is 72.7 cm³/mol. The van der Waals surface area contributed by atoms with Gasteiger partial charge in [-0.1, -0.05) is 30.3 Å². The molecule has 0 atom stereocenters. The molecule has 2 rings (SSSR count). The Balaban J connectivity index is 2.03. The Bertz CT molecular complexity index is 471. The standard InChI is InChI=1S/C13H12BrNS/c1-10-7-13(15-8-12(10)14)16-9-11-5-3-2-4-6-11/h2-8H,9H2,1H3. The minimum absolute atomic E-state index is 0.967. The first kappa shape index (κ1) is 11.7. The van der Waals surface area contributed by atoms with E-state index < -0.39 is 0 Å². The van der Waals surface area contributed by atoms with E-state index in [0.29, 0.717) is 0 Å². The Morgan fingerprint density at radius 1 is 1.25 bits per heavy atom. The third-order valence-corrected chi connectivity index (χ3v) is 4.08. The minimum Gasteiger partial charge on any atom is -0.249 e. The number of hydrogen-bond donors (Lipinski definition) is 0. The van der Waals surface area contributed by atoms with Crippen molar-refractivity contribution in [1.82, 2.24) is 4.98 Å². The number of thioether (sulfide) groups is 1. The lowest BCUT2D eigenvalue weighted by molar-refractivity contribution is 1.10. The van der Waals surface area contributed by atoms with Crippen LogP contribution in [-0.4, -0.2) is 4.98 Å². The number of pyridine rings is 1. The van der Waals surface area contributed by atoms with E-state index in [-0.39, 0.29) is 0 Å². The highest BCUT2D eigenvalue weighted by atomic mass is 79.9. The quantitative estimate of drug-likeness (QED) is 0.776. The van der Waals surface area contributed by atoms with Crippen molar-refractivity contribution in [1.29, 1.82) is 0 Å². The maximum absolute atomic E-state index is 4.37. The molecule has 0 aliphatic carbocycles. The second-order valence-corrected chi connectivity index (χ2v) is 5.40. The summed E-state index contributed by atoms with van der Waals surface area (Å²) >= 11 is 5.22. The van der Waals surface area contributed by atoms with Gasteiger partial charge in [-0.05, 0) is 40.0 Å². The molecule has 1 aromatic heterocycles. The normalized spacial score (nSPS) is 10.4. The Morgan fingerprint density at radius 2 is 2.00 bits per heavy atom. The zero-order chi connectivity index (χ0) is 11.4. The highest BCUT2D eigenvalue weighted by Gasteiger charge is 2.00. The molecule has 0 saturated carbocycles. The van der Waals surface area contributed by atoms with Crippen LogP contribution in [0.5, 0.6) is 0 Å². The largest absolute Gasteiger partial charge is 0.249 e. The smallest absolute Gasteiger partial charge is 0.0966 e. The van der Waals surface area contributed by atoms with Gasteiger partial charge < -0.3 is 0 Å². The number of benzene rings is 1. The maximum Gasteiger partial charge on any atom is 0.0966 e. The average molecular weight is 294 g/mol. The van der Waals surface area contributed by atoms with Crippen LogP contribution in [0.4, 0.5) is 0 Å². The van der Waals surface area contributed by atoms with E-state index in [0.717, 1.165) is 15.3 Å². The molecular formula is C13H12BrNS. The molecule has 0 aliphatic heterocycles. The molecule has 0 N–H and O–H groups in total. The van der Waals surface area contributed by atoms with E-state index in [1.165, 1.54) is 11.1 Å². The molecular weight excluding hydrogens is 282 g/mol. The first-order valence-electron chi connectivity index (χ1n) is 5.04. The van der Waals surface area contributed by atoms with Crippen molar-refractivity contribution in [2.24, 2.45) is 0 Å². The summed E-state index contributed by atoms with van der Waals surface area (Å²) in [5.41, 5.74) is 2.56. The molecule has 0 aliphatic rings. The molecule has 0 amide bonds. The van der Waals surface area contributed by atoms with E-state index >= 15 is 0 Å². The van der Waals surface area contributed by atoms with Gasteiger partial charge in [0.15, 0.2) is 0 Å². The summed E-state index contributed by atoms with van der Waals surface area (Å²) in [4.78, 5) is 4.37. The van der Waals surface area contributed by atoms with Crippen molar-refractivity contribution < 1.29 is 0 Å². The molecule has 0 spiro atoms. The maximum atomic E-state index is 4.37. The van der Waals surface area contributed by atoms with Crippen LogP contribution in [-0.2, 0) is 5.75 Å². The average Bonchev–Trinajstić information content (AvgIpc) is 2.32. The fraction of sp³-hybridized carbons (Fsp3) is 0.154. The van der Waals surface area contributed by atoms with Gasteiger partial charge in [0.1, 0.15) is 0 Å². The third kappa shape index (κ3) is 3.09. The van der Waals surface area contributed by atoms with Crippen LogP contribution in [0, 0.1) is 6.92 Å². The second kappa shape index (κ2) is 5.51. The number of aryl methyl sites for hydroxylation is 1. The van der Waals surface area contributed by atoms with Gasteiger partial charge in [0.2, 0.25) is 0 Å². The molecule has 0 radical (unpaired) electrons. The van der Waals surface area contributed by atoms with Gasteiger partial charge in [-0.25, -0.2) is 4.98 Å². The summed E-state index contributed by atoms with van der Waals surface area (Å²) in [6.45, 7) is 2.08. The second-order valence-electron chi connectivity index (χ2n) is 3.55. The summed E-state index contributed by atoms with van der Waals surface area (Å²) in [5, 5.41) is 1.07. The molecule has 0 saturated heterocycles. The highest BCUT2D eigenvalue weighted by molar-refractivity contribution is 9.10. The molecule has 0 bridgehead atoms. The number of hydrogen-bond acceptors (Lipinski definition) is 2. The van der Waals surface area contributed by atoms with Gasteiger partial charge in [0.25, 0.3) is 0 Å². The van der Waals surface area contributed by atoms with E-state index in [9.17, 15) is 0 Å². The Morgan fingerprint density at radius 3 is 2.69 bits per heavy atom. The van der Waals surface area contributed by atoms with Crippen LogP contribution in [0.15, 0.2) is 52.1 Å². The SMILES string of the molecule is Cc1cc(SCc2ccccc2)ncc1Br. The first-order valence-corrected chi connectivity index (χ1v) is 6.82. The lowest BCUT2D eigenvalue weighted by Gasteiger charge is -2.03. The van der Waals surface area contributed by atoms with E-state index in [4.69, 9.17) is 0 Å². The Kier molecular flexibility index (Phi) is 4.02. The molecule has 1 aromatic carbocycles. The summed E-state index contributed by atoms with van der Waals surface area (Å²) < 4.78 is 1.07. The monoisotopic (exact) mass is 293 g/mol. The molecule has 82 valence electrons. The van der Waals surface area contributed by atoms with Crippen LogP contribution >= 0.6 is 27.7 Å². The number of halogens is 1. The van der Waals surface area contributed by atoms with Crippen LogP contribution in [0.1, 0.15) is 11.1 Å². The molecule has 2 aromatic rings. The van der Waals surface area contributed by atoms with Crippen LogP contribution in [0.3, 0.4) is 0 Å². The topological polar surface area (TPSA) is 12.9 Å². The molecule has 1 nitrogen and oxygen atoms in total. The van der Waals surface area contributed by atoms with Crippen molar-refractivity contribution in [2.45, 2.75) is 17.7 Å². The third-order valence-electron chi connectivity index (χ3n) is 2.25. The van der Waals surface area contributed by atoms with Crippen LogP contribution < -0.4 is 0 Å². The number of aromatic nitrogens is 1. The summed E-state index contributed by atoms with van der Waals surface area (Å²) in [6, 6.07) is 12.6. The minimum atomic E-state index is 0.967. The summed E-state index contributed by atoms with van der Waals surface area (Å²) in [6.07, 6.45) is 1.86. The molecule has 1 heterocycles. The first-order chi connectivity index (χ1) is 7.75. The zero-order valence-electron chi connectivity index (χ0n) is 8.98. The van der Waals surface area contributed by atoms with Gasteiger partial charge in [0, 0.05) is 16.4 Å².